The number of rotatable bonds is 8. The standard InChI is InChI=1S/C20H21NO4S/c1-14(19(23)24)13-26-20(25)17(12-15-8-4-2-5-9-15)21-18(22)16-10-6-3-7-11-16/h2-11,14,17H,12-13H2,1H3,(H,21,22)(H,23,24)/t14?,17-/m1/s1. The molecular formula is C20H21NO4S. The zero-order valence-electron chi connectivity index (χ0n) is 14.4. The van der Waals surface area contributed by atoms with Gasteiger partial charge in [0, 0.05) is 17.7 Å². The number of hydrogen-bond acceptors (Lipinski definition) is 4. The number of aliphatic carboxylic acids is 1. The predicted octanol–water partition coefficient (Wildman–Crippen LogP) is 3.01. The maximum atomic E-state index is 12.6. The summed E-state index contributed by atoms with van der Waals surface area (Å²) in [5.41, 5.74) is 1.40. The van der Waals surface area contributed by atoms with E-state index in [2.05, 4.69) is 5.32 Å². The summed E-state index contributed by atoms with van der Waals surface area (Å²) in [6.07, 6.45) is 0.354. The summed E-state index contributed by atoms with van der Waals surface area (Å²) < 4.78 is 0. The highest BCUT2D eigenvalue weighted by molar-refractivity contribution is 8.13. The molecule has 0 heterocycles. The molecule has 6 heteroatoms. The number of carboxylic acid groups (broad SMARTS) is 1. The van der Waals surface area contributed by atoms with Gasteiger partial charge in [0.05, 0.1) is 5.92 Å². The largest absolute Gasteiger partial charge is 0.481 e. The maximum absolute atomic E-state index is 12.6. The monoisotopic (exact) mass is 371 g/mol. The lowest BCUT2D eigenvalue weighted by molar-refractivity contribution is -0.140. The molecule has 0 radical (unpaired) electrons. The van der Waals surface area contributed by atoms with E-state index in [1.807, 2.05) is 36.4 Å². The van der Waals surface area contributed by atoms with Crippen LogP contribution in [0, 0.1) is 5.92 Å². The molecule has 0 saturated heterocycles. The highest BCUT2D eigenvalue weighted by atomic mass is 32.2. The molecule has 0 aliphatic rings. The van der Waals surface area contributed by atoms with Crippen LogP contribution in [0.25, 0.3) is 0 Å². The minimum Gasteiger partial charge on any atom is -0.481 e. The van der Waals surface area contributed by atoms with Crippen molar-refractivity contribution in [1.29, 1.82) is 0 Å². The number of carbonyl (C=O) groups is 3. The normalized spacial score (nSPS) is 12.8. The number of amides is 1. The van der Waals surface area contributed by atoms with Crippen LogP contribution in [-0.2, 0) is 16.0 Å². The third-order valence-corrected chi connectivity index (χ3v) is 5.04. The van der Waals surface area contributed by atoms with Crippen molar-refractivity contribution in [2.24, 2.45) is 5.92 Å². The number of thioether (sulfide) groups is 1. The van der Waals surface area contributed by atoms with Gasteiger partial charge in [-0.15, -0.1) is 0 Å². The summed E-state index contributed by atoms with van der Waals surface area (Å²) in [5.74, 6) is -1.74. The fourth-order valence-electron chi connectivity index (χ4n) is 2.25. The minimum absolute atomic E-state index is 0.167. The summed E-state index contributed by atoms with van der Waals surface area (Å²) in [6, 6.07) is 17.4. The van der Waals surface area contributed by atoms with E-state index < -0.39 is 17.9 Å². The average molecular weight is 371 g/mol. The number of carboxylic acids is 1. The van der Waals surface area contributed by atoms with Gasteiger partial charge < -0.3 is 10.4 Å². The second kappa shape index (κ2) is 9.77. The number of benzene rings is 2. The van der Waals surface area contributed by atoms with E-state index in [4.69, 9.17) is 5.11 Å². The first-order chi connectivity index (χ1) is 12.5. The first kappa shape index (κ1) is 19.7. The second-order valence-electron chi connectivity index (χ2n) is 5.95. The molecule has 136 valence electrons. The molecule has 0 spiro atoms. The van der Waals surface area contributed by atoms with E-state index >= 15 is 0 Å². The highest BCUT2D eigenvalue weighted by Crippen LogP contribution is 2.15. The van der Waals surface area contributed by atoms with Crippen LogP contribution in [-0.4, -0.2) is 33.9 Å². The van der Waals surface area contributed by atoms with Crippen LogP contribution in [0.15, 0.2) is 60.7 Å². The minimum atomic E-state index is -0.946. The Morgan fingerprint density at radius 2 is 1.58 bits per heavy atom. The van der Waals surface area contributed by atoms with Crippen LogP contribution >= 0.6 is 11.8 Å². The van der Waals surface area contributed by atoms with Gasteiger partial charge in [0.15, 0.2) is 0 Å². The van der Waals surface area contributed by atoms with Crippen molar-refractivity contribution >= 4 is 28.8 Å². The molecule has 0 saturated carbocycles. The van der Waals surface area contributed by atoms with Crippen molar-refractivity contribution in [3.8, 4) is 0 Å². The topological polar surface area (TPSA) is 83.5 Å². The molecule has 2 aromatic rings. The Morgan fingerprint density at radius 1 is 1.00 bits per heavy atom. The van der Waals surface area contributed by atoms with Crippen LogP contribution in [0.1, 0.15) is 22.8 Å². The Labute approximate surface area is 156 Å². The summed E-state index contributed by atoms with van der Waals surface area (Å²) in [4.78, 5) is 36.0. The molecule has 2 N–H and O–H groups in total. The first-order valence-electron chi connectivity index (χ1n) is 8.26. The Bertz CT molecular complexity index is 749. The quantitative estimate of drug-likeness (QED) is 0.745. The number of carbonyl (C=O) groups excluding carboxylic acids is 2. The molecule has 0 bridgehead atoms. The molecule has 5 nitrogen and oxygen atoms in total. The Balaban J connectivity index is 2.09. The van der Waals surface area contributed by atoms with E-state index in [0.717, 1.165) is 17.3 Å². The lowest BCUT2D eigenvalue weighted by Crippen LogP contribution is -2.41. The van der Waals surface area contributed by atoms with Crippen LogP contribution in [0.4, 0.5) is 0 Å². The molecule has 0 aromatic heterocycles. The zero-order valence-corrected chi connectivity index (χ0v) is 15.2. The van der Waals surface area contributed by atoms with Crippen LogP contribution in [0.2, 0.25) is 0 Å². The lowest BCUT2D eigenvalue weighted by Gasteiger charge is -2.18. The first-order valence-corrected chi connectivity index (χ1v) is 9.25. The molecule has 26 heavy (non-hydrogen) atoms. The summed E-state index contributed by atoms with van der Waals surface area (Å²) in [6.45, 7) is 1.55. The van der Waals surface area contributed by atoms with Gasteiger partial charge in [-0.3, -0.25) is 14.4 Å². The summed E-state index contributed by atoms with van der Waals surface area (Å²) >= 11 is 0.943. The van der Waals surface area contributed by atoms with Gasteiger partial charge in [0.1, 0.15) is 6.04 Å². The maximum Gasteiger partial charge on any atom is 0.307 e. The predicted molar refractivity (Wildman–Crippen MR) is 102 cm³/mol. The van der Waals surface area contributed by atoms with Crippen molar-refractivity contribution in [1.82, 2.24) is 5.32 Å². The molecule has 1 unspecified atom stereocenters. The van der Waals surface area contributed by atoms with E-state index in [0.29, 0.717) is 12.0 Å². The van der Waals surface area contributed by atoms with E-state index in [-0.39, 0.29) is 16.8 Å². The molecule has 2 rings (SSSR count). The second-order valence-corrected chi connectivity index (χ2v) is 6.98. The van der Waals surface area contributed by atoms with Gasteiger partial charge >= 0.3 is 5.97 Å². The van der Waals surface area contributed by atoms with Gasteiger partial charge in [0.2, 0.25) is 5.12 Å². The fraction of sp³-hybridized carbons (Fsp3) is 0.250. The van der Waals surface area contributed by atoms with E-state index in [9.17, 15) is 14.4 Å². The van der Waals surface area contributed by atoms with Crippen molar-refractivity contribution in [2.45, 2.75) is 19.4 Å². The molecular weight excluding hydrogens is 350 g/mol. The van der Waals surface area contributed by atoms with Crippen LogP contribution in [0.5, 0.6) is 0 Å². The third-order valence-electron chi connectivity index (χ3n) is 3.81. The molecule has 2 aromatic carbocycles. The van der Waals surface area contributed by atoms with Crippen LogP contribution < -0.4 is 5.32 Å². The lowest BCUT2D eigenvalue weighted by atomic mass is 10.1. The van der Waals surface area contributed by atoms with E-state index in [1.165, 1.54) is 0 Å². The zero-order chi connectivity index (χ0) is 18.9. The van der Waals surface area contributed by atoms with Crippen molar-refractivity contribution in [2.75, 3.05) is 5.75 Å². The van der Waals surface area contributed by atoms with Gasteiger partial charge in [0.25, 0.3) is 5.91 Å². The molecule has 2 atom stereocenters. The van der Waals surface area contributed by atoms with Crippen molar-refractivity contribution in [3.05, 3.63) is 71.8 Å². The highest BCUT2D eigenvalue weighted by Gasteiger charge is 2.24. The van der Waals surface area contributed by atoms with Crippen LogP contribution in [0.3, 0.4) is 0 Å². The fourth-order valence-corrected chi connectivity index (χ4v) is 3.15. The Kier molecular flexibility index (Phi) is 7.41. The number of hydrogen-bond donors (Lipinski definition) is 2. The smallest absolute Gasteiger partial charge is 0.307 e. The average Bonchev–Trinajstić information content (AvgIpc) is 2.66. The Hall–Kier alpha value is -2.60. The van der Waals surface area contributed by atoms with E-state index in [1.54, 1.807) is 31.2 Å². The van der Waals surface area contributed by atoms with Crippen molar-refractivity contribution in [3.63, 3.8) is 0 Å². The molecule has 0 fully saturated rings. The van der Waals surface area contributed by atoms with Gasteiger partial charge in [-0.25, -0.2) is 0 Å². The molecule has 0 aliphatic carbocycles. The summed E-state index contributed by atoms with van der Waals surface area (Å²) in [5, 5.41) is 11.5. The van der Waals surface area contributed by atoms with Gasteiger partial charge in [-0.1, -0.05) is 67.2 Å². The Morgan fingerprint density at radius 3 is 2.15 bits per heavy atom. The van der Waals surface area contributed by atoms with Gasteiger partial charge in [-0.05, 0) is 17.7 Å². The molecule has 1 amide bonds. The summed E-state index contributed by atoms with van der Waals surface area (Å²) in [7, 11) is 0. The molecule has 0 aliphatic heterocycles. The van der Waals surface area contributed by atoms with Crippen molar-refractivity contribution < 1.29 is 19.5 Å². The SMILES string of the molecule is CC(CSC(=O)[C@@H](Cc1ccccc1)NC(=O)c1ccccc1)C(=O)O. The third kappa shape index (κ3) is 6.04. The van der Waals surface area contributed by atoms with Gasteiger partial charge in [-0.2, -0.15) is 0 Å². The number of nitrogens with one attached hydrogen (secondary N) is 1.